The number of nitrogens with one attached hydrogen (secondary N) is 1. The Morgan fingerprint density at radius 2 is 1.83 bits per heavy atom. The lowest BCUT2D eigenvalue weighted by Crippen LogP contribution is -2.39. The summed E-state index contributed by atoms with van der Waals surface area (Å²) in [5, 5.41) is 12.5. The van der Waals surface area contributed by atoms with Crippen LogP contribution in [0.15, 0.2) is 82.8 Å². The number of rotatable bonds is 10. The summed E-state index contributed by atoms with van der Waals surface area (Å²) in [4.78, 5) is 12.8. The molecule has 1 amide bonds. The third kappa shape index (κ3) is 6.59. The molecular weight excluding hydrogens is 468 g/mol. The Bertz CT molecular complexity index is 1330. The lowest BCUT2D eigenvalue weighted by atomic mass is 10.2. The van der Waals surface area contributed by atoms with Gasteiger partial charge in [0.25, 0.3) is 15.9 Å². The van der Waals surface area contributed by atoms with Gasteiger partial charge in [0, 0.05) is 0 Å². The fraction of sp³-hybridized carbons (Fsp3) is 0.160. The van der Waals surface area contributed by atoms with Crippen molar-refractivity contribution in [2.75, 3.05) is 24.6 Å². The standard InChI is InChI=1S/C25H24N4O5S/c1-19-8-13-24(33-2)23(16-19)29(35(31,32)22-6-4-3-5-7-22)18-25(30)28-27-17-20-9-11-21(12-10-20)34-15-14-26/h3-13,16-17H,15,18H2,1-2H3,(H,28,30)/b27-17-. The second-order valence-electron chi connectivity index (χ2n) is 7.31. The number of carbonyl (C=O) groups is 1. The Morgan fingerprint density at radius 1 is 1.11 bits per heavy atom. The van der Waals surface area contributed by atoms with E-state index in [1.165, 1.54) is 25.5 Å². The molecule has 0 radical (unpaired) electrons. The molecule has 9 nitrogen and oxygen atoms in total. The molecule has 0 fully saturated rings. The maximum atomic E-state index is 13.5. The van der Waals surface area contributed by atoms with Gasteiger partial charge in [0.05, 0.1) is 23.9 Å². The third-order valence-electron chi connectivity index (χ3n) is 4.81. The van der Waals surface area contributed by atoms with Gasteiger partial charge < -0.3 is 9.47 Å². The molecule has 0 aliphatic heterocycles. The number of ether oxygens (including phenoxy) is 2. The van der Waals surface area contributed by atoms with Crippen LogP contribution in [0.5, 0.6) is 11.5 Å². The van der Waals surface area contributed by atoms with Gasteiger partial charge in [-0.05, 0) is 66.6 Å². The summed E-state index contributed by atoms with van der Waals surface area (Å²) in [7, 11) is -2.65. The van der Waals surface area contributed by atoms with Crippen LogP contribution in [0.4, 0.5) is 5.69 Å². The van der Waals surface area contributed by atoms with E-state index < -0.39 is 22.5 Å². The zero-order valence-corrected chi connectivity index (χ0v) is 20.0. The Balaban J connectivity index is 1.82. The van der Waals surface area contributed by atoms with Crippen molar-refractivity contribution in [3.63, 3.8) is 0 Å². The molecule has 0 bridgehead atoms. The zero-order chi connectivity index (χ0) is 25.3. The molecule has 3 rings (SSSR count). The summed E-state index contributed by atoms with van der Waals surface area (Å²) in [6.07, 6.45) is 1.41. The number of aryl methyl sites for hydroxylation is 1. The van der Waals surface area contributed by atoms with Crippen LogP contribution in [0.3, 0.4) is 0 Å². The molecule has 0 aromatic heterocycles. The van der Waals surface area contributed by atoms with Gasteiger partial charge in [-0.25, -0.2) is 13.8 Å². The van der Waals surface area contributed by atoms with E-state index in [4.69, 9.17) is 14.7 Å². The number of hydrogen-bond acceptors (Lipinski definition) is 7. The molecule has 35 heavy (non-hydrogen) atoms. The minimum absolute atomic E-state index is 0.0403. The van der Waals surface area contributed by atoms with Gasteiger partial charge >= 0.3 is 0 Å². The lowest BCUT2D eigenvalue weighted by molar-refractivity contribution is -0.119. The molecular formula is C25H24N4O5S. The number of benzene rings is 3. The van der Waals surface area contributed by atoms with Gasteiger partial charge in [0.15, 0.2) is 6.61 Å². The molecule has 0 atom stereocenters. The van der Waals surface area contributed by atoms with Gasteiger partial charge in [0.1, 0.15) is 24.1 Å². The van der Waals surface area contributed by atoms with Crippen LogP contribution in [0.2, 0.25) is 0 Å². The Kier molecular flexibility index (Phi) is 8.43. The van der Waals surface area contributed by atoms with E-state index in [1.807, 2.05) is 13.0 Å². The monoisotopic (exact) mass is 492 g/mol. The minimum atomic E-state index is -4.08. The first kappa shape index (κ1) is 25.3. The molecule has 0 saturated heterocycles. The molecule has 0 unspecified atom stereocenters. The minimum Gasteiger partial charge on any atom is -0.495 e. The topological polar surface area (TPSA) is 121 Å². The van der Waals surface area contributed by atoms with Crippen molar-refractivity contribution in [2.45, 2.75) is 11.8 Å². The summed E-state index contributed by atoms with van der Waals surface area (Å²) in [5.41, 5.74) is 4.08. The average Bonchev–Trinajstić information content (AvgIpc) is 2.87. The maximum absolute atomic E-state index is 13.5. The highest BCUT2D eigenvalue weighted by Gasteiger charge is 2.29. The van der Waals surface area contributed by atoms with Crippen molar-refractivity contribution in [3.8, 4) is 17.6 Å². The number of sulfonamides is 1. The number of anilines is 1. The van der Waals surface area contributed by atoms with Crippen molar-refractivity contribution in [1.82, 2.24) is 5.43 Å². The molecule has 10 heteroatoms. The normalized spacial score (nSPS) is 11.0. The highest BCUT2D eigenvalue weighted by molar-refractivity contribution is 7.92. The van der Waals surface area contributed by atoms with Crippen molar-refractivity contribution in [2.24, 2.45) is 5.10 Å². The molecule has 1 N–H and O–H groups in total. The van der Waals surface area contributed by atoms with E-state index in [-0.39, 0.29) is 17.2 Å². The van der Waals surface area contributed by atoms with E-state index in [1.54, 1.807) is 60.7 Å². The van der Waals surface area contributed by atoms with Crippen molar-refractivity contribution >= 4 is 27.8 Å². The van der Waals surface area contributed by atoms with E-state index in [9.17, 15) is 13.2 Å². The van der Waals surface area contributed by atoms with Crippen LogP contribution in [-0.2, 0) is 14.8 Å². The number of hydrogen-bond donors (Lipinski definition) is 1. The van der Waals surface area contributed by atoms with E-state index in [2.05, 4.69) is 10.5 Å². The summed E-state index contributed by atoms with van der Waals surface area (Å²) in [6.45, 7) is 1.24. The molecule has 0 aliphatic carbocycles. The predicted octanol–water partition coefficient (Wildman–Crippen LogP) is 3.25. The molecule has 3 aromatic rings. The average molecular weight is 493 g/mol. The van der Waals surface area contributed by atoms with Crippen LogP contribution >= 0.6 is 0 Å². The van der Waals surface area contributed by atoms with Crippen LogP contribution in [0, 0.1) is 18.3 Å². The smallest absolute Gasteiger partial charge is 0.264 e. The quantitative estimate of drug-likeness (QED) is 0.343. The Morgan fingerprint density at radius 3 is 2.49 bits per heavy atom. The number of carbonyl (C=O) groups excluding carboxylic acids is 1. The molecule has 0 heterocycles. The zero-order valence-electron chi connectivity index (χ0n) is 19.2. The Hall–Kier alpha value is -4.36. The third-order valence-corrected chi connectivity index (χ3v) is 6.58. The van der Waals surface area contributed by atoms with Crippen molar-refractivity contribution in [1.29, 1.82) is 5.26 Å². The molecule has 0 spiro atoms. The van der Waals surface area contributed by atoms with Crippen LogP contribution < -0.4 is 19.2 Å². The SMILES string of the molecule is COc1ccc(C)cc1N(CC(=O)N/N=C\c1ccc(OCC#N)cc1)S(=O)(=O)c1ccccc1. The summed E-state index contributed by atoms with van der Waals surface area (Å²) < 4.78 is 38.5. The highest BCUT2D eigenvalue weighted by atomic mass is 32.2. The number of hydrazone groups is 1. The summed E-state index contributed by atoms with van der Waals surface area (Å²) in [6, 6.07) is 21.6. The van der Waals surface area contributed by atoms with Gasteiger partial charge in [-0.1, -0.05) is 24.3 Å². The fourth-order valence-electron chi connectivity index (χ4n) is 3.12. The molecule has 3 aromatic carbocycles. The molecule has 180 valence electrons. The largest absolute Gasteiger partial charge is 0.495 e. The van der Waals surface area contributed by atoms with Gasteiger partial charge in [-0.2, -0.15) is 10.4 Å². The van der Waals surface area contributed by atoms with Gasteiger partial charge in [-0.3, -0.25) is 9.10 Å². The first-order valence-corrected chi connectivity index (χ1v) is 11.9. The molecule has 0 saturated carbocycles. The van der Waals surface area contributed by atoms with Crippen LogP contribution in [0.1, 0.15) is 11.1 Å². The van der Waals surface area contributed by atoms with E-state index in [0.29, 0.717) is 17.1 Å². The summed E-state index contributed by atoms with van der Waals surface area (Å²) >= 11 is 0. The van der Waals surface area contributed by atoms with Gasteiger partial charge in [-0.15, -0.1) is 0 Å². The van der Waals surface area contributed by atoms with Crippen LogP contribution in [-0.4, -0.2) is 40.8 Å². The first-order valence-electron chi connectivity index (χ1n) is 10.5. The predicted molar refractivity (Wildman–Crippen MR) is 132 cm³/mol. The van der Waals surface area contributed by atoms with E-state index in [0.717, 1.165) is 9.87 Å². The van der Waals surface area contributed by atoms with E-state index >= 15 is 0 Å². The van der Waals surface area contributed by atoms with Crippen molar-refractivity contribution < 1.29 is 22.7 Å². The number of nitrogens with zero attached hydrogens (tertiary/aromatic N) is 3. The number of nitriles is 1. The van der Waals surface area contributed by atoms with Gasteiger partial charge in [0.2, 0.25) is 0 Å². The molecule has 0 aliphatic rings. The first-order chi connectivity index (χ1) is 16.8. The van der Waals surface area contributed by atoms with Crippen molar-refractivity contribution in [3.05, 3.63) is 83.9 Å². The highest BCUT2D eigenvalue weighted by Crippen LogP contribution is 2.33. The number of amides is 1. The second-order valence-corrected chi connectivity index (χ2v) is 9.17. The maximum Gasteiger partial charge on any atom is 0.264 e. The lowest BCUT2D eigenvalue weighted by Gasteiger charge is -2.25. The fourth-order valence-corrected chi connectivity index (χ4v) is 4.57. The number of methoxy groups -OCH3 is 1. The summed E-state index contributed by atoms with van der Waals surface area (Å²) in [5.74, 6) is 0.199. The second kappa shape index (κ2) is 11.7. The van der Waals surface area contributed by atoms with Crippen LogP contribution in [0.25, 0.3) is 0 Å². The Labute approximate surface area is 204 Å².